The number of nitrogens with one attached hydrogen (secondary N) is 4. The molecular weight excluding hydrogens is 550 g/mol. The summed E-state index contributed by atoms with van der Waals surface area (Å²) in [5.74, 6) is -5.00. The standard InChI is InChI=1S/C32H41N5O6/c1-20(2)27(28(39)32(43)34-23-16-10-5-11-17-23)37-31(42)25(19-26(33)38)36-30(41)24(18-21-12-6-3-7-13-21)35-29(40)22-14-8-4-9-15-22/h3-4,6-9,12-15,20,23-25,27H,5,10-11,16-19H2,1-2H3,(H2,33,38)(H,34,43)(H,35,40)(H,36,41)(H,37,42)/t24-,25-,27-/m0/s1. The van der Waals surface area contributed by atoms with E-state index in [0.29, 0.717) is 5.56 Å². The van der Waals surface area contributed by atoms with E-state index in [2.05, 4.69) is 21.3 Å². The number of nitrogens with two attached hydrogens (primary N) is 1. The minimum absolute atomic E-state index is 0.0942. The largest absolute Gasteiger partial charge is 0.370 e. The molecule has 0 unspecified atom stereocenters. The van der Waals surface area contributed by atoms with Crippen LogP contribution in [0.3, 0.4) is 0 Å². The molecule has 5 amide bonds. The molecular formula is C32H41N5O6. The molecule has 1 aliphatic rings. The van der Waals surface area contributed by atoms with Gasteiger partial charge in [-0.1, -0.05) is 81.6 Å². The molecule has 1 fully saturated rings. The Morgan fingerprint density at radius 2 is 1.35 bits per heavy atom. The van der Waals surface area contributed by atoms with E-state index in [-0.39, 0.29) is 12.5 Å². The first-order valence-corrected chi connectivity index (χ1v) is 14.7. The highest BCUT2D eigenvalue weighted by Gasteiger charge is 2.34. The molecule has 11 heteroatoms. The first kappa shape index (κ1) is 33.0. The van der Waals surface area contributed by atoms with Crippen molar-refractivity contribution in [3.05, 3.63) is 71.8 Å². The third kappa shape index (κ3) is 10.4. The van der Waals surface area contributed by atoms with Gasteiger partial charge in [0, 0.05) is 18.0 Å². The molecule has 230 valence electrons. The van der Waals surface area contributed by atoms with Gasteiger partial charge in [0.25, 0.3) is 11.8 Å². The zero-order valence-corrected chi connectivity index (χ0v) is 24.6. The van der Waals surface area contributed by atoms with Crippen molar-refractivity contribution in [3.8, 4) is 0 Å². The fourth-order valence-corrected chi connectivity index (χ4v) is 5.01. The van der Waals surface area contributed by atoms with E-state index in [4.69, 9.17) is 5.73 Å². The van der Waals surface area contributed by atoms with Crippen molar-refractivity contribution in [2.75, 3.05) is 0 Å². The molecule has 2 aromatic carbocycles. The number of carbonyl (C=O) groups excluding carboxylic acids is 6. The van der Waals surface area contributed by atoms with E-state index in [1.165, 1.54) is 0 Å². The maximum absolute atomic E-state index is 13.5. The molecule has 43 heavy (non-hydrogen) atoms. The highest BCUT2D eigenvalue weighted by molar-refractivity contribution is 6.38. The Hall–Kier alpha value is -4.54. The summed E-state index contributed by atoms with van der Waals surface area (Å²) in [5.41, 5.74) is 6.48. The minimum Gasteiger partial charge on any atom is -0.370 e. The predicted octanol–water partition coefficient (Wildman–Crippen LogP) is 1.55. The van der Waals surface area contributed by atoms with Gasteiger partial charge in [0.15, 0.2) is 0 Å². The van der Waals surface area contributed by atoms with Crippen molar-refractivity contribution in [2.24, 2.45) is 11.7 Å². The highest BCUT2D eigenvalue weighted by atomic mass is 16.2. The Morgan fingerprint density at radius 1 is 0.767 bits per heavy atom. The molecule has 0 bridgehead atoms. The summed E-state index contributed by atoms with van der Waals surface area (Å²) in [4.78, 5) is 77.5. The molecule has 0 spiro atoms. The maximum atomic E-state index is 13.5. The van der Waals surface area contributed by atoms with E-state index in [1.54, 1.807) is 68.4 Å². The average Bonchev–Trinajstić information content (AvgIpc) is 2.99. The summed E-state index contributed by atoms with van der Waals surface area (Å²) < 4.78 is 0. The van der Waals surface area contributed by atoms with E-state index in [0.717, 1.165) is 37.7 Å². The molecule has 1 saturated carbocycles. The average molecular weight is 592 g/mol. The fourth-order valence-electron chi connectivity index (χ4n) is 5.01. The maximum Gasteiger partial charge on any atom is 0.289 e. The first-order valence-electron chi connectivity index (χ1n) is 14.7. The molecule has 0 radical (unpaired) electrons. The van der Waals surface area contributed by atoms with Crippen LogP contribution in [0.4, 0.5) is 0 Å². The van der Waals surface area contributed by atoms with Gasteiger partial charge >= 0.3 is 0 Å². The number of benzene rings is 2. The lowest BCUT2D eigenvalue weighted by Gasteiger charge is -2.27. The number of hydrogen-bond donors (Lipinski definition) is 5. The lowest BCUT2D eigenvalue weighted by Crippen LogP contribution is -2.59. The van der Waals surface area contributed by atoms with Gasteiger partial charge in [0.1, 0.15) is 12.1 Å². The molecule has 3 atom stereocenters. The zero-order chi connectivity index (χ0) is 31.4. The van der Waals surface area contributed by atoms with Crippen LogP contribution in [0.5, 0.6) is 0 Å². The third-order valence-electron chi connectivity index (χ3n) is 7.39. The van der Waals surface area contributed by atoms with Crippen molar-refractivity contribution < 1.29 is 28.8 Å². The van der Waals surface area contributed by atoms with Gasteiger partial charge in [-0.2, -0.15) is 0 Å². The van der Waals surface area contributed by atoms with Crippen LogP contribution in [0, 0.1) is 5.92 Å². The van der Waals surface area contributed by atoms with E-state index in [1.807, 2.05) is 6.07 Å². The molecule has 11 nitrogen and oxygen atoms in total. The molecule has 0 saturated heterocycles. The van der Waals surface area contributed by atoms with Gasteiger partial charge in [-0.15, -0.1) is 0 Å². The Kier molecular flexibility index (Phi) is 12.4. The lowest BCUT2D eigenvalue weighted by atomic mass is 9.94. The van der Waals surface area contributed by atoms with Gasteiger partial charge in [-0.05, 0) is 36.5 Å². The topological polar surface area (TPSA) is 177 Å². The number of primary amides is 1. The van der Waals surface area contributed by atoms with Crippen LogP contribution in [0.25, 0.3) is 0 Å². The number of ketones is 1. The van der Waals surface area contributed by atoms with Crippen LogP contribution in [0.15, 0.2) is 60.7 Å². The van der Waals surface area contributed by atoms with E-state index < -0.39 is 65.8 Å². The lowest BCUT2D eigenvalue weighted by molar-refractivity contribution is -0.142. The Balaban J connectivity index is 1.75. The minimum atomic E-state index is -1.45. The monoisotopic (exact) mass is 591 g/mol. The SMILES string of the molecule is CC(C)[C@H](NC(=O)[C@H](CC(N)=O)NC(=O)[C@H](Cc1ccccc1)NC(=O)c1ccccc1)C(=O)C(=O)NC1CCCCC1. The number of rotatable bonds is 14. The Morgan fingerprint density at radius 3 is 1.93 bits per heavy atom. The molecule has 2 aromatic rings. The molecule has 3 rings (SSSR count). The van der Waals surface area contributed by atoms with Crippen molar-refractivity contribution in [3.63, 3.8) is 0 Å². The zero-order valence-electron chi connectivity index (χ0n) is 24.6. The normalized spacial score (nSPS) is 15.4. The summed E-state index contributed by atoms with van der Waals surface area (Å²) in [6, 6.07) is 13.5. The molecule has 0 heterocycles. The van der Waals surface area contributed by atoms with Gasteiger partial charge in [0.2, 0.25) is 23.5 Å². The summed E-state index contributed by atoms with van der Waals surface area (Å²) in [6.45, 7) is 3.35. The third-order valence-corrected chi connectivity index (χ3v) is 7.39. The second kappa shape index (κ2) is 16.2. The fraction of sp³-hybridized carbons (Fsp3) is 0.438. The summed E-state index contributed by atoms with van der Waals surface area (Å²) in [5, 5.41) is 10.5. The summed E-state index contributed by atoms with van der Waals surface area (Å²) in [7, 11) is 0. The molecule has 1 aliphatic carbocycles. The predicted molar refractivity (Wildman–Crippen MR) is 160 cm³/mol. The number of hydrogen-bond acceptors (Lipinski definition) is 6. The van der Waals surface area contributed by atoms with Gasteiger partial charge in [-0.25, -0.2) is 0 Å². The second-order valence-electron chi connectivity index (χ2n) is 11.2. The number of Topliss-reactive ketones (excluding diaryl/α,β-unsaturated/α-hetero) is 1. The number of carbonyl (C=O) groups is 6. The Labute approximate surface area is 251 Å². The van der Waals surface area contributed by atoms with Crippen molar-refractivity contribution in [2.45, 2.75) is 83.0 Å². The molecule has 0 aliphatic heterocycles. The summed E-state index contributed by atoms with van der Waals surface area (Å²) >= 11 is 0. The number of amides is 5. The molecule has 0 aromatic heterocycles. The van der Waals surface area contributed by atoms with Gasteiger partial charge in [-0.3, -0.25) is 28.8 Å². The summed E-state index contributed by atoms with van der Waals surface area (Å²) in [6.07, 6.45) is 4.13. The molecule has 6 N–H and O–H groups in total. The highest BCUT2D eigenvalue weighted by Crippen LogP contribution is 2.17. The van der Waals surface area contributed by atoms with Crippen LogP contribution in [-0.4, -0.2) is 59.5 Å². The van der Waals surface area contributed by atoms with Crippen molar-refractivity contribution >= 4 is 35.3 Å². The van der Waals surface area contributed by atoms with Crippen LogP contribution in [-0.2, 0) is 30.4 Å². The van der Waals surface area contributed by atoms with E-state index >= 15 is 0 Å². The van der Waals surface area contributed by atoms with Crippen LogP contribution in [0.1, 0.15) is 68.3 Å². The van der Waals surface area contributed by atoms with E-state index in [9.17, 15) is 28.8 Å². The van der Waals surface area contributed by atoms with Gasteiger partial charge in [0.05, 0.1) is 12.5 Å². The van der Waals surface area contributed by atoms with Crippen LogP contribution >= 0.6 is 0 Å². The van der Waals surface area contributed by atoms with Crippen molar-refractivity contribution in [1.82, 2.24) is 21.3 Å². The van der Waals surface area contributed by atoms with Crippen molar-refractivity contribution in [1.29, 1.82) is 0 Å². The second-order valence-corrected chi connectivity index (χ2v) is 11.2. The van der Waals surface area contributed by atoms with Crippen LogP contribution < -0.4 is 27.0 Å². The van der Waals surface area contributed by atoms with Crippen LogP contribution in [0.2, 0.25) is 0 Å². The first-order chi connectivity index (χ1) is 20.5. The van der Waals surface area contributed by atoms with Gasteiger partial charge < -0.3 is 27.0 Å². The quantitative estimate of drug-likeness (QED) is 0.208. The smallest absolute Gasteiger partial charge is 0.289 e. The Bertz CT molecular complexity index is 1280.